The van der Waals surface area contributed by atoms with Crippen LogP contribution in [0.25, 0.3) is 0 Å². The number of likely N-dealkylation sites (tertiary alicyclic amines) is 1. The molecular weight excluding hydrogens is 849 g/mol. The predicted octanol–water partition coefficient (Wildman–Crippen LogP) is 2.25. The second kappa shape index (κ2) is 17.6. The van der Waals surface area contributed by atoms with Crippen molar-refractivity contribution in [2.45, 2.75) is 127 Å². The van der Waals surface area contributed by atoms with Gasteiger partial charge in [-0.25, -0.2) is 18.2 Å². The molecule has 20 heteroatoms. The van der Waals surface area contributed by atoms with E-state index in [1.165, 1.54) is 34.5 Å². The van der Waals surface area contributed by atoms with Crippen LogP contribution in [0.5, 0.6) is 11.5 Å². The first kappa shape index (κ1) is 44.8. The van der Waals surface area contributed by atoms with Crippen molar-refractivity contribution < 1.29 is 51.4 Å². The molecule has 3 saturated carbocycles. The molecule has 1 aromatic carbocycles. The molecule has 6 amide bonds. The molecule has 3 aliphatic carbocycles. The quantitative estimate of drug-likeness (QED) is 0.211. The Morgan fingerprint density at radius 2 is 1.73 bits per heavy atom. The summed E-state index contributed by atoms with van der Waals surface area (Å²) in [6.07, 6.45) is 8.64. The van der Waals surface area contributed by atoms with Gasteiger partial charge in [-0.1, -0.05) is 52.2 Å². The highest BCUT2D eigenvalue weighted by Gasteiger charge is 2.62. The Bertz CT molecular complexity index is 2310. The Hall–Kier alpha value is -5.79. The lowest BCUT2D eigenvalue weighted by atomic mass is 9.82. The van der Waals surface area contributed by atoms with Gasteiger partial charge >= 0.3 is 6.09 Å². The Morgan fingerprint density at radius 3 is 2.41 bits per heavy atom. The summed E-state index contributed by atoms with van der Waals surface area (Å²) in [7, 11) is -3.97. The number of hydrogen-bond donors (Lipinski definition) is 4. The Morgan fingerprint density at radius 1 is 0.984 bits per heavy atom. The molecule has 6 aliphatic rings. The summed E-state index contributed by atoms with van der Waals surface area (Å²) in [5.41, 5.74) is -0.923. The molecule has 3 aliphatic heterocycles. The third-order valence-electron chi connectivity index (χ3n) is 13.1. The highest BCUT2D eigenvalue weighted by molar-refractivity contribution is 7.91. The van der Waals surface area contributed by atoms with E-state index >= 15 is 4.79 Å². The van der Waals surface area contributed by atoms with Crippen LogP contribution in [-0.4, -0.2) is 119 Å². The van der Waals surface area contributed by atoms with Gasteiger partial charge in [0.2, 0.25) is 27.7 Å². The second-order valence-electron chi connectivity index (χ2n) is 18.8. The first-order chi connectivity index (χ1) is 30.5. The smallest absolute Gasteiger partial charge is 0.410 e. The van der Waals surface area contributed by atoms with Crippen LogP contribution in [0.4, 0.5) is 4.79 Å². The second-order valence-corrected chi connectivity index (χ2v) is 20.7. The molecule has 1 saturated heterocycles. The molecule has 4 fully saturated rings. The van der Waals surface area contributed by atoms with Crippen molar-refractivity contribution in [1.82, 2.24) is 40.4 Å². The molecule has 8 rings (SSSR count). The zero-order valence-corrected chi connectivity index (χ0v) is 37.1. The van der Waals surface area contributed by atoms with E-state index in [-0.39, 0.29) is 44.1 Å². The molecule has 0 radical (unpaired) electrons. The summed E-state index contributed by atoms with van der Waals surface area (Å²) in [6.45, 7) is 9.97. The van der Waals surface area contributed by atoms with Crippen molar-refractivity contribution in [3.8, 4) is 11.5 Å². The Labute approximate surface area is 371 Å². The van der Waals surface area contributed by atoms with Crippen molar-refractivity contribution in [1.29, 1.82) is 0 Å². The number of carbonyl (C=O) groups is 6. The summed E-state index contributed by atoms with van der Waals surface area (Å²) in [5, 5.41) is 7.84. The van der Waals surface area contributed by atoms with Crippen LogP contribution in [0.1, 0.15) is 100 Å². The van der Waals surface area contributed by atoms with Gasteiger partial charge in [0.1, 0.15) is 48.7 Å². The fraction of sp³-hybridized carbons (Fsp3) is 0.591. The maximum atomic E-state index is 15.0. The molecule has 6 atom stereocenters. The van der Waals surface area contributed by atoms with Gasteiger partial charge in [0.05, 0.1) is 24.5 Å². The SMILES string of the molecule is C=C[C@H]1C[C@@]1(NC(=O)C1C[C@@H](OC(=O)N2Cc3ccc4c(c3C2)OCCO4)CN1C(=O)[C@@H](NC(=O)[C@@H](NC(=O)c1cnccn1)C1CCCCC1)C(C)(C)C)C(=O)NS(=O)(=O)C1CC1. The van der Waals surface area contributed by atoms with Gasteiger partial charge in [0.25, 0.3) is 11.8 Å². The van der Waals surface area contributed by atoms with Crippen LogP contribution in [0.15, 0.2) is 43.4 Å². The molecule has 2 aromatic rings. The third-order valence-corrected chi connectivity index (χ3v) is 14.9. The normalized spacial score (nSPS) is 25.0. The minimum Gasteiger partial charge on any atom is -0.486 e. The minimum atomic E-state index is -3.97. The molecule has 0 bridgehead atoms. The number of fused-ring (bicyclic) bond motifs is 3. The topological polar surface area (TPSA) is 245 Å². The van der Waals surface area contributed by atoms with Crippen molar-refractivity contribution >= 4 is 45.7 Å². The zero-order valence-electron chi connectivity index (χ0n) is 36.3. The van der Waals surface area contributed by atoms with E-state index in [1.54, 1.807) is 26.8 Å². The molecule has 19 nitrogen and oxygen atoms in total. The molecule has 64 heavy (non-hydrogen) atoms. The first-order valence-corrected chi connectivity index (χ1v) is 23.6. The van der Waals surface area contributed by atoms with E-state index in [1.807, 2.05) is 6.07 Å². The summed E-state index contributed by atoms with van der Waals surface area (Å²) in [5.74, 6) is -3.20. The molecule has 1 aromatic heterocycles. The van der Waals surface area contributed by atoms with Crippen LogP contribution >= 0.6 is 0 Å². The van der Waals surface area contributed by atoms with Gasteiger partial charge < -0.3 is 35.1 Å². The highest BCUT2D eigenvalue weighted by Crippen LogP contribution is 2.46. The minimum absolute atomic E-state index is 0.0246. The number of benzene rings is 1. The molecule has 4 heterocycles. The van der Waals surface area contributed by atoms with Crippen LogP contribution in [0.2, 0.25) is 0 Å². The van der Waals surface area contributed by atoms with Crippen LogP contribution in [0, 0.1) is 17.3 Å². The van der Waals surface area contributed by atoms with E-state index in [0.717, 1.165) is 30.4 Å². The lowest BCUT2D eigenvalue weighted by Gasteiger charge is -2.37. The van der Waals surface area contributed by atoms with Crippen LogP contribution in [-0.2, 0) is 47.0 Å². The number of ether oxygens (including phenoxy) is 3. The van der Waals surface area contributed by atoms with Crippen molar-refractivity contribution in [3.63, 3.8) is 0 Å². The van der Waals surface area contributed by atoms with E-state index in [0.29, 0.717) is 50.4 Å². The van der Waals surface area contributed by atoms with Gasteiger partial charge in [-0.05, 0) is 55.1 Å². The maximum absolute atomic E-state index is 15.0. The molecule has 0 spiro atoms. The number of hydrogen-bond acceptors (Lipinski definition) is 13. The predicted molar refractivity (Wildman–Crippen MR) is 228 cm³/mol. The summed E-state index contributed by atoms with van der Waals surface area (Å²) in [6, 6.07) is 0.0613. The van der Waals surface area contributed by atoms with E-state index in [4.69, 9.17) is 14.2 Å². The van der Waals surface area contributed by atoms with Gasteiger partial charge in [-0.15, -0.1) is 6.58 Å². The standard InChI is InChI=1S/C44H56N8O11S/c1-5-27-20-44(27,41(57)50-64(59,60)29-12-13-29)49-38(54)32-19-28(63-42(58)51-22-26-11-14-33-35(30(26)24-51)62-18-17-61-33)23-52(32)40(56)36(43(2,3)4)48-39(55)34(25-9-7-6-8-10-25)47-37(53)31-21-45-15-16-46-31/h5,11,14-16,21,25,27-29,32,34,36H,1,6-10,12-13,17-20,22-24H2,2-4H3,(H,47,53)(H,48,55)(H,49,54)(H,50,57)/t27-,28+,32?,34-,36+,44-/m0/s1. The fourth-order valence-corrected chi connectivity index (χ4v) is 10.6. The van der Waals surface area contributed by atoms with E-state index in [2.05, 4.69) is 37.2 Å². The molecule has 344 valence electrons. The van der Waals surface area contributed by atoms with Gasteiger partial charge in [0, 0.05) is 36.8 Å². The molecule has 1 unspecified atom stereocenters. The fourth-order valence-electron chi connectivity index (χ4n) is 9.27. The van der Waals surface area contributed by atoms with Gasteiger partial charge in [-0.2, -0.15) is 0 Å². The van der Waals surface area contributed by atoms with Crippen molar-refractivity contribution in [2.75, 3.05) is 19.8 Å². The monoisotopic (exact) mass is 904 g/mol. The lowest BCUT2D eigenvalue weighted by molar-refractivity contribution is -0.145. The largest absolute Gasteiger partial charge is 0.486 e. The number of aromatic nitrogens is 2. The van der Waals surface area contributed by atoms with E-state index < -0.39 is 92.0 Å². The maximum Gasteiger partial charge on any atom is 0.410 e. The van der Waals surface area contributed by atoms with Gasteiger partial charge in [0.15, 0.2) is 11.5 Å². The first-order valence-electron chi connectivity index (χ1n) is 22.0. The summed E-state index contributed by atoms with van der Waals surface area (Å²) >= 11 is 0. The van der Waals surface area contributed by atoms with Crippen molar-refractivity contribution in [3.05, 3.63) is 60.2 Å². The lowest BCUT2D eigenvalue weighted by Crippen LogP contribution is -2.62. The third kappa shape index (κ3) is 9.23. The van der Waals surface area contributed by atoms with Gasteiger partial charge in [-0.3, -0.25) is 38.6 Å². The summed E-state index contributed by atoms with van der Waals surface area (Å²) < 4.78 is 45.5. The van der Waals surface area contributed by atoms with Crippen LogP contribution in [0.3, 0.4) is 0 Å². The average molecular weight is 905 g/mol. The Balaban J connectivity index is 1.04. The Kier molecular flexibility index (Phi) is 12.4. The number of nitrogens with zero attached hydrogens (tertiary/aromatic N) is 4. The average Bonchev–Trinajstić information content (AvgIpc) is 4.17. The highest BCUT2D eigenvalue weighted by atomic mass is 32.2. The number of nitrogens with one attached hydrogen (secondary N) is 4. The molecule has 4 N–H and O–H groups in total. The number of carbonyl (C=O) groups excluding carboxylic acids is 6. The van der Waals surface area contributed by atoms with Crippen molar-refractivity contribution in [2.24, 2.45) is 17.3 Å². The molecular formula is C44H56N8O11S. The zero-order chi connectivity index (χ0) is 45.6. The van der Waals surface area contributed by atoms with E-state index in [9.17, 15) is 32.4 Å². The van der Waals surface area contributed by atoms with Crippen LogP contribution < -0.4 is 30.1 Å². The number of amides is 6. The number of rotatable bonds is 13. The number of sulfonamides is 1. The summed E-state index contributed by atoms with van der Waals surface area (Å²) in [4.78, 5) is 95.7.